The third-order valence-corrected chi connectivity index (χ3v) is 3.60. The van der Waals surface area contributed by atoms with Crippen molar-refractivity contribution in [2.45, 2.75) is 12.0 Å². The average molecular weight is 359 g/mol. The number of hydrogen-bond donors (Lipinski definition) is 2. The van der Waals surface area contributed by atoms with Crippen LogP contribution in [0.5, 0.6) is 0 Å². The zero-order chi connectivity index (χ0) is 15.6. The molecule has 0 bridgehead atoms. The zero-order valence-corrected chi connectivity index (χ0v) is 12.3. The number of nitrogens with one attached hydrogen (secondary N) is 1. The van der Waals surface area contributed by atoms with Gasteiger partial charge in [-0.3, -0.25) is 14.9 Å². The van der Waals surface area contributed by atoms with Gasteiger partial charge in [0.2, 0.25) is 0 Å². The van der Waals surface area contributed by atoms with E-state index in [0.29, 0.717) is 4.47 Å². The van der Waals surface area contributed by atoms with Gasteiger partial charge in [-0.1, -0.05) is 15.9 Å². The maximum absolute atomic E-state index is 12.2. The highest BCUT2D eigenvalue weighted by Crippen LogP contribution is 2.23. The quantitative estimate of drug-likeness (QED) is 0.618. The van der Waals surface area contributed by atoms with Gasteiger partial charge in [-0.05, 0) is 6.07 Å². The summed E-state index contributed by atoms with van der Waals surface area (Å²) in [4.78, 5) is 33.6. The summed E-state index contributed by atoms with van der Waals surface area (Å²) in [6.45, 7) is 0.0926. The molecule has 1 aliphatic rings. The fourth-order valence-corrected chi connectivity index (χ4v) is 2.47. The topological polar surface area (TPSA) is 119 Å². The number of aliphatic carboxylic acids is 1. The first-order valence-electron chi connectivity index (χ1n) is 5.93. The van der Waals surface area contributed by atoms with Crippen LogP contribution in [0.15, 0.2) is 22.7 Å². The first-order valence-corrected chi connectivity index (χ1v) is 6.72. The minimum atomic E-state index is -1.49. The molecule has 1 atom stereocenters. The van der Waals surface area contributed by atoms with Crippen LogP contribution in [-0.2, 0) is 9.53 Å². The Hall–Kier alpha value is -2.00. The number of nitro groups is 1. The molecule has 0 aliphatic carbocycles. The van der Waals surface area contributed by atoms with Gasteiger partial charge in [0.15, 0.2) is 5.54 Å². The molecular weight excluding hydrogens is 348 g/mol. The molecule has 0 saturated carbocycles. The van der Waals surface area contributed by atoms with Gasteiger partial charge in [-0.15, -0.1) is 0 Å². The van der Waals surface area contributed by atoms with Crippen molar-refractivity contribution in [1.29, 1.82) is 0 Å². The minimum absolute atomic E-state index is 0.00333. The number of amides is 1. The summed E-state index contributed by atoms with van der Waals surface area (Å²) in [5.74, 6) is -1.90. The predicted molar refractivity (Wildman–Crippen MR) is 74.1 cm³/mol. The molecular formula is C12H11BrN2O6. The van der Waals surface area contributed by atoms with Crippen LogP contribution in [0.25, 0.3) is 0 Å². The summed E-state index contributed by atoms with van der Waals surface area (Å²) in [6.07, 6.45) is 0.143. The smallest absolute Gasteiger partial charge is 0.331 e. The number of carboxylic acid groups (broad SMARTS) is 1. The van der Waals surface area contributed by atoms with Crippen molar-refractivity contribution in [2.24, 2.45) is 0 Å². The Balaban J connectivity index is 2.28. The van der Waals surface area contributed by atoms with E-state index in [9.17, 15) is 24.8 Å². The molecule has 21 heavy (non-hydrogen) atoms. The molecule has 0 spiro atoms. The van der Waals surface area contributed by atoms with Crippen LogP contribution >= 0.6 is 15.9 Å². The number of nitrogens with zero attached hydrogens (tertiary/aromatic N) is 1. The molecule has 112 valence electrons. The van der Waals surface area contributed by atoms with Crippen LogP contribution in [0.4, 0.5) is 5.69 Å². The summed E-state index contributed by atoms with van der Waals surface area (Å²) in [5, 5.41) is 22.4. The van der Waals surface area contributed by atoms with Crippen LogP contribution in [0, 0.1) is 10.1 Å². The second kappa shape index (κ2) is 5.78. The van der Waals surface area contributed by atoms with E-state index in [1.165, 1.54) is 12.1 Å². The summed E-state index contributed by atoms with van der Waals surface area (Å²) in [5.41, 5.74) is -1.75. The predicted octanol–water partition coefficient (Wildman–Crippen LogP) is 1.33. The number of carbonyl (C=O) groups excluding carboxylic acids is 1. The number of ether oxygens (including phenoxy) is 1. The van der Waals surface area contributed by atoms with E-state index in [4.69, 9.17) is 4.74 Å². The molecule has 1 amide bonds. The van der Waals surface area contributed by atoms with Crippen LogP contribution < -0.4 is 5.32 Å². The zero-order valence-electron chi connectivity index (χ0n) is 10.7. The number of non-ortho nitro benzene ring substituents is 1. The highest BCUT2D eigenvalue weighted by Gasteiger charge is 2.44. The van der Waals surface area contributed by atoms with Gasteiger partial charge >= 0.3 is 5.97 Å². The molecule has 8 nitrogen and oxygen atoms in total. The average Bonchev–Trinajstić information content (AvgIpc) is 2.87. The lowest BCUT2D eigenvalue weighted by Crippen LogP contribution is -2.55. The second-order valence-corrected chi connectivity index (χ2v) is 5.51. The lowest BCUT2D eigenvalue weighted by molar-refractivity contribution is -0.385. The highest BCUT2D eigenvalue weighted by molar-refractivity contribution is 9.10. The molecule has 1 unspecified atom stereocenters. The molecule has 0 aromatic heterocycles. The Morgan fingerprint density at radius 3 is 2.67 bits per heavy atom. The molecule has 0 radical (unpaired) electrons. The van der Waals surface area contributed by atoms with E-state index in [-0.39, 0.29) is 30.9 Å². The number of halogens is 1. The van der Waals surface area contributed by atoms with Gasteiger partial charge in [0.25, 0.3) is 11.6 Å². The number of nitro benzene ring substituents is 1. The van der Waals surface area contributed by atoms with Crippen LogP contribution in [0.2, 0.25) is 0 Å². The van der Waals surface area contributed by atoms with Gasteiger partial charge in [-0.2, -0.15) is 0 Å². The third-order valence-electron chi connectivity index (χ3n) is 3.14. The van der Waals surface area contributed by atoms with Crippen molar-refractivity contribution in [3.63, 3.8) is 0 Å². The minimum Gasteiger partial charge on any atom is -0.479 e. The SMILES string of the molecule is O=C(NC1(C(=O)O)CCOC1)c1cc(Br)cc([N+](=O)[O-])c1. The first-order chi connectivity index (χ1) is 9.84. The standard InChI is InChI=1S/C12H11BrN2O6/c13-8-3-7(4-9(5-8)15(19)20)10(16)14-12(11(17)18)1-2-21-6-12/h3-5H,1-2,6H2,(H,14,16)(H,17,18). The molecule has 1 aliphatic heterocycles. The van der Waals surface area contributed by atoms with E-state index < -0.39 is 22.3 Å². The van der Waals surface area contributed by atoms with Gasteiger partial charge in [0.1, 0.15) is 0 Å². The van der Waals surface area contributed by atoms with E-state index >= 15 is 0 Å². The first kappa shape index (κ1) is 15.4. The number of carbonyl (C=O) groups is 2. The van der Waals surface area contributed by atoms with Crippen molar-refractivity contribution in [3.05, 3.63) is 38.3 Å². The maximum atomic E-state index is 12.2. The van der Waals surface area contributed by atoms with E-state index in [2.05, 4.69) is 21.2 Å². The monoisotopic (exact) mass is 358 g/mol. The van der Waals surface area contributed by atoms with Crippen molar-refractivity contribution in [3.8, 4) is 0 Å². The van der Waals surface area contributed by atoms with Gasteiger partial charge < -0.3 is 15.2 Å². The number of rotatable bonds is 4. The number of carboxylic acids is 1. The Morgan fingerprint density at radius 2 is 2.14 bits per heavy atom. The van der Waals surface area contributed by atoms with Gasteiger partial charge in [0.05, 0.1) is 11.5 Å². The maximum Gasteiger partial charge on any atom is 0.331 e. The van der Waals surface area contributed by atoms with Crippen LogP contribution in [-0.4, -0.2) is 40.7 Å². The van der Waals surface area contributed by atoms with Gasteiger partial charge in [0, 0.05) is 35.2 Å². The van der Waals surface area contributed by atoms with Crippen molar-refractivity contribution in [2.75, 3.05) is 13.2 Å². The lowest BCUT2D eigenvalue weighted by atomic mass is 9.98. The van der Waals surface area contributed by atoms with Crippen molar-refractivity contribution in [1.82, 2.24) is 5.32 Å². The van der Waals surface area contributed by atoms with Crippen molar-refractivity contribution >= 4 is 33.5 Å². The normalized spacial score (nSPS) is 21.0. The molecule has 1 fully saturated rings. The van der Waals surface area contributed by atoms with Crippen LogP contribution in [0.1, 0.15) is 16.8 Å². The van der Waals surface area contributed by atoms with E-state index in [1.807, 2.05) is 0 Å². The molecule has 1 heterocycles. The number of hydrogen-bond acceptors (Lipinski definition) is 5. The van der Waals surface area contributed by atoms with E-state index in [1.54, 1.807) is 0 Å². The Kier molecular flexibility index (Phi) is 4.24. The second-order valence-electron chi connectivity index (χ2n) is 4.60. The molecule has 2 N–H and O–H groups in total. The van der Waals surface area contributed by atoms with Crippen molar-refractivity contribution < 1.29 is 24.4 Å². The largest absolute Gasteiger partial charge is 0.479 e. The molecule has 1 aromatic rings. The lowest BCUT2D eigenvalue weighted by Gasteiger charge is -2.23. The fraction of sp³-hybridized carbons (Fsp3) is 0.333. The molecule has 1 saturated heterocycles. The highest BCUT2D eigenvalue weighted by atomic mass is 79.9. The Morgan fingerprint density at radius 1 is 1.43 bits per heavy atom. The molecule has 1 aromatic carbocycles. The Labute approximate surface area is 127 Å². The summed E-state index contributed by atoms with van der Waals surface area (Å²) < 4.78 is 5.39. The summed E-state index contributed by atoms with van der Waals surface area (Å²) in [7, 11) is 0. The summed E-state index contributed by atoms with van der Waals surface area (Å²) >= 11 is 3.08. The number of benzene rings is 1. The Bertz CT molecular complexity index is 612. The van der Waals surface area contributed by atoms with Gasteiger partial charge in [-0.25, -0.2) is 4.79 Å². The fourth-order valence-electron chi connectivity index (χ4n) is 1.99. The molecule has 2 rings (SSSR count). The van der Waals surface area contributed by atoms with Crippen LogP contribution in [0.3, 0.4) is 0 Å². The summed E-state index contributed by atoms with van der Waals surface area (Å²) in [6, 6.07) is 3.72. The van der Waals surface area contributed by atoms with E-state index in [0.717, 1.165) is 6.07 Å². The third kappa shape index (κ3) is 3.19. The molecule has 9 heteroatoms.